The molecule has 0 aromatic heterocycles. The van der Waals surface area contributed by atoms with Crippen molar-refractivity contribution in [2.24, 2.45) is 0 Å². The summed E-state index contributed by atoms with van der Waals surface area (Å²) in [6.07, 6.45) is 3.16. The Bertz CT molecular complexity index is 387. The summed E-state index contributed by atoms with van der Waals surface area (Å²) in [5.41, 5.74) is 0.180. The number of carbonyl (C=O) groups is 1. The van der Waals surface area contributed by atoms with Gasteiger partial charge in [-0.25, -0.2) is 9.18 Å². The van der Waals surface area contributed by atoms with Gasteiger partial charge in [-0.1, -0.05) is 6.07 Å². The Morgan fingerprint density at radius 1 is 1.44 bits per heavy atom. The van der Waals surface area contributed by atoms with Crippen molar-refractivity contribution in [1.29, 1.82) is 0 Å². The number of hydrogen-bond acceptors (Lipinski definition) is 1. The van der Waals surface area contributed by atoms with Crippen LogP contribution in [0.2, 0.25) is 0 Å². The molecular formula is C11H12BrFN2O. The van der Waals surface area contributed by atoms with Crippen LogP contribution in [0.25, 0.3) is 0 Å². The number of amides is 2. The van der Waals surface area contributed by atoms with E-state index in [0.29, 0.717) is 4.47 Å². The Morgan fingerprint density at radius 3 is 2.75 bits per heavy atom. The number of hydrogen-bond donors (Lipinski definition) is 2. The third-order valence-electron chi connectivity index (χ3n) is 2.64. The monoisotopic (exact) mass is 286 g/mol. The Labute approximate surface area is 102 Å². The molecule has 2 rings (SSSR count). The van der Waals surface area contributed by atoms with Gasteiger partial charge in [-0.15, -0.1) is 0 Å². The van der Waals surface area contributed by atoms with Crippen LogP contribution in [0.1, 0.15) is 19.3 Å². The van der Waals surface area contributed by atoms with E-state index in [4.69, 9.17) is 0 Å². The number of carbonyl (C=O) groups excluding carboxylic acids is 1. The largest absolute Gasteiger partial charge is 0.335 e. The predicted molar refractivity (Wildman–Crippen MR) is 63.9 cm³/mol. The van der Waals surface area contributed by atoms with E-state index in [2.05, 4.69) is 26.6 Å². The van der Waals surface area contributed by atoms with Crippen LogP contribution in [-0.4, -0.2) is 12.1 Å². The first-order valence-corrected chi connectivity index (χ1v) is 5.97. The van der Waals surface area contributed by atoms with Crippen molar-refractivity contribution in [2.75, 3.05) is 5.32 Å². The highest BCUT2D eigenvalue weighted by Gasteiger charge is 2.20. The molecular weight excluding hydrogens is 275 g/mol. The molecule has 0 radical (unpaired) electrons. The molecule has 1 aliphatic rings. The van der Waals surface area contributed by atoms with Gasteiger partial charge >= 0.3 is 6.03 Å². The highest BCUT2D eigenvalue weighted by atomic mass is 79.9. The summed E-state index contributed by atoms with van der Waals surface area (Å²) >= 11 is 3.19. The lowest BCUT2D eigenvalue weighted by Gasteiger charge is -2.26. The Morgan fingerprint density at radius 2 is 2.19 bits per heavy atom. The molecule has 0 bridgehead atoms. The maximum atomic E-state index is 13.4. The van der Waals surface area contributed by atoms with E-state index < -0.39 is 5.82 Å². The van der Waals surface area contributed by atoms with E-state index in [0.717, 1.165) is 19.3 Å². The molecule has 1 fully saturated rings. The second-order valence-electron chi connectivity index (χ2n) is 3.82. The second kappa shape index (κ2) is 4.82. The molecule has 3 nitrogen and oxygen atoms in total. The molecule has 86 valence electrons. The zero-order valence-corrected chi connectivity index (χ0v) is 10.2. The molecule has 0 saturated heterocycles. The summed E-state index contributed by atoms with van der Waals surface area (Å²) in [7, 11) is 0. The van der Waals surface area contributed by atoms with Crippen LogP contribution in [0, 0.1) is 5.82 Å². The van der Waals surface area contributed by atoms with Crippen LogP contribution in [0.5, 0.6) is 0 Å². The number of rotatable bonds is 2. The third-order valence-corrected chi connectivity index (χ3v) is 3.30. The fraction of sp³-hybridized carbons (Fsp3) is 0.364. The van der Waals surface area contributed by atoms with Gasteiger partial charge < -0.3 is 10.6 Å². The summed E-state index contributed by atoms with van der Waals surface area (Å²) in [5.74, 6) is -0.446. The smallest absolute Gasteiger partial charge is 0.319 e. The minimum absolute atomic E-state index is 0.180. The first-order valence-electron chi connectivity index (χ1n) is 5.18. The van der Waals surface area contributed by atoms with Crippen molar-refractivity contribution in [3.05, 3.63) is 28.5 Å². The quantitative estimate of drug-likeness (QED) is 0.861. The van der Waals surface area contributed by atoms with Gasteiger partial charge in [0, 0.05) is 10.5 Å². The Balaban J connectivity index is 1.99. The SMILES string of the molecule is O=C(Nc1c(F)cccc1Br)NC1CCC1. The third kappa shape index (κ3) is 2.52. The zero-order chi connectivity index (χ0) is 11.5. The number of nitrogens with one attached hydrogen (secondary N) is 2. The average molecular weight is 287 g/mol. The van der Waals surface area contributed by atoms with Crippen LogP contribution in [-0.2, 0) is 0 Å². The van der Waals surface area contributed by atoms with Crippen molar-refractivity contribution in [3.63, 3.8) is 0 Å². The Kier molecular flexibility index (Phi) is 3.43. The van der Waals surface area contributed by atoms with E-state index in [1.54, 1.807) is 12.1 Å². The van der Waals surface area contributed by atoms with Gasteiger partial charge in [0.15, 0.2) is 0 Å². The maximum absolute atomic E-state index is 13.4. The van der Waals surface area contributed by atoms with Crippen LogP contribution < -0.4 is 10.6 Å². The van der Waals surface area contributed by atoms with Crippen LogP contribution >= 0.6 is 15.9 Å². The molecule has 0 unspecified atom stereocenters. The van der Waals surface area contributed by atoms with Gasteiger partial charge in [0.25, 0.3) is 0 Å². The second-order valence-corrected chi connectivity index (χ2v) is 4.68. The molecule has 5 heteroatoms. The van der Waals surface area contributed by atoms with Crippen molar-refractivity contribution in [2.45, 2.75) is 25.3 Å². The van der Waals surface area contributed by atoms with E-state index in [1.165, 1.54) is 6.07 Å². The van der Waals surface area contributed by atoms with Gasteiger partial charge in [-0.2, -0.15) is 0 Å². The molecule has 1 saturated carbocycles. The molecule has 0 atom stereocenters. The molecule has 2 N–H and O–H groups in total. The van der Waals surface area contributed by atoms with Crippen LogP contribution in [0.4, 0.5) is 14.9 Å². The van der Waals surface area contributed by atoms with Gasteiger partial charge in [-0.3, -0.25) is 0 Å². The summed E-state index contributed by atoms with van der Waals surface area (Å²) in [6, 6.07) is 4.46. The first-order chi connectivity index (χ1) is 7.66. The topological polar surface area (TPSA) is 41.1 Å². The lowest BCUT2D eigenvalue weighted by Crippen LogP contribution is -2.42. The van der Waals surface area contributed by atoms with Crippen molar-refractivity contribution in [1.82, 2.24) is 5.32 Å². The van der Waals surface area contributed by atoms with E-state index in [-0.39, 0.29) is 17.8 Å². The standard InChI is InChI=1S/C11H12BrFN2O/c12-8-5-2-6-9(13)10(8)15-11(16)14-7-3-1-4-7/h2,5-7H,1,3-4H2,(H2,14,15,16). The molecule has 0 aliphatic heterocycles. The van der Waals surface area contributed by atoms with E-state index in [1.807, 2.05) is 0 Å². The molecule has 1 aliphatic carbocycles. The zero-order valence-electron chi connectivity index (χ0n) is 8.59. The number of benzene rings is 1. The number of para-hydroxylation sites is 1. The summed E-state index contributed by atoms with van der Waals surface area (Å²) in [6.45, 7) is 0. The normalized spacial score (nSPS) is 15.4. The van der Waals surface area contributed by atoms with Crippen molar-refractivity contribution in [3.8, 4) is 0 Å². The molecule has 0 heterocycles. The molecule has 0 spiro atoms. The molecule has 2 amide bonds. The highest BCUT2D eigenvalue weighted by Crippen LogP contribution is 2.25. The van der Waals surface area contributed by atoms with Gasteiger partial charge in [0.2, 0.25) is 0 Å². The molecule has 1 aromatic carbocycles. The maximum Gasteiger partial charge on any atom is 0.319 e. The van der Waals surface area contributed by atoms with Gasteiger partial charge in [0.05, 0.1) is 5.69 Å². The highest BCUT2D eigenvalue weighted by molar-refractivity contribution is 9.10. The number of urea groups is 1. The van der Waals surface area contributed by atoms with Crippen LogP contribution in [0.3, 0.4) is 0 Å². The predicted octanol–water partition coefficient (Wildman–Crippen LogP) is 3.26. The Hall–Kier alpha value is -1.10. The van der Waals surface area contributed by atoms with Crippen LogP contribution in [0.15, 0.2) is 22.7 Å². The summed E-state index contributed by atoms with van der Waals surface area (Å²) in [4.78, 5) is 11.5. The lowest BCUT2D eigenvalue weighted by atomic mass is 9.93. The molecule has 1 aromatic rings. The fourth-order valence-electron chi connectivity index (χ4n) is 1.50. The van der Waals surface area contributed by atoms with E-state index >= 15 is 0 Å². The minimum Gasteiger partial charge on any atom is -0.335 e. The summed E-state index contributed by atoms with van der Waals surface area (Å²) < 4.78 is 13.9. The lowest BCUT2D eigenvalue weighted by molar-refractivity contribution is 0.240. The number of halogens is 2. The van der Waals surface area contributed by atoms with Crippen molar-refractivity contribution < 1.29 is 9.18 Å². The molecule has 16 heavy (non-hydrogen) atoms. The van der Waals surface area contributed by atoms with Gasteiger partial charge in [0.1, 0.15) is 5.82 Å². The van der Waals surface area contributed by atoms with Crippen molar-refractivity contribution >= 4 is 27.6 Å². The summed E-state index contributed by atoms with van der Waals surface area (Å²) in [5, 5.41) is 5.29. The van der Waals surface area contributed by atoms with E-state index in [9.17, 15) is 9.18 Å². The first kappa shape index (κ1) is 11.4. The number of anilines is 1. The minimum atomic E-state index is -0.446. The fourth-order valence-corrected chi connectivity index (χ4v) is 1.95. The van der Waals surface area contributed by atoms with Gasteiger partial charge in [-0.05, 0) is 47.3 Å². The average Bonchev–Trinajstić information content (AvgIpc) is 2.18.